The molecule has 3 atom stereocenters. The number of fused-ring (bicyclic) bond motifs is 2. The molecule has 0 saturated heterocycles. The van der Waals surface area contributed by atoms with Crippen LogP contribution in [0.3, 0.4) is 0 Å². The molecule has 2 aliphatic rings. The quantitative estimate of drug-likeness (QED) is 0.444. The van der Waals surface area contributed by atoms with Gasteiger partial charge in [-0.05, 0) is 76.0 Å². The van der Waals surface area contributed by atoms with Crippen molar-refractivity contribution in [3.63, 3.8) is 0 Å². The van der Waals surface area contributed by atoms with E-state index >= 15 is 0 Å². The number of hydrogen-bond donors (Lipinski definition) is 0. The van der Waals surface area contributed by atoms with E-state index in [1.54, 1.807) is 11.1 Å². The van der Waals surface area contributed by atoms with Crippen LogP contribution in [-0.4, -0.2) is 0 Å². The Morgan fingerprint density at radius 3 is 2.55 bits per heavy atom. The second-order valence-electron chi connectivity index (χ2n) is 7.49. The Morgan fingerprint density at radius 2 is 1.80 bits per heavy atom. The van der Waals surface area contributed by atoms with Gasteiger partial charge >= 0.3 is 0 Å². The molecule has 112 valence electrons. The van der Waals surface area contributed by atoms with Crippen molar-refractivity contribution in [1.29, 1.82) is 0 Å². The molecule has 0 aliphatic heterocycles. The molecule has 1 unspecified atom stereocenters. The van der Waals surface area contributed by atoms with Gasteiger partial charge < -0.3 is 0 Å². The van der Waals surface area contributed by atoms with E-state index in [0.29, 0.717) is 5.41 Å². The van der Waals surface area contributed by atoms with Crippen molar-refractivity contribution in [3.8, 4) is 0 Å². The van der Waals surface area contributed by atoms with Gasteiger partial charge in [0.25, 0.3) is 0 Å². The molecule has 0 heterocycles. The number of rotatable bonds is 0. The van der Waals surface area contributed by atoms with Crippen LogP contribution >= 0.6 is 0 Å². The summed E-state index contributed by atoms with van der Waals surface area (Å²) in [5.74, 6) is 1.50. The van der Waals surface area contributed by atoms with Crippen molar-refractivity contribution < 1.29 is 0 Å². The summed E-state index contributed by atoms with van der Waals surface area (Å²) < 4.78 is 0. The van der Waals surface area contributed by atoms with Gasteiger partial charge in [-0.1, -0.05) is 49.3 Å². The Labute approximate surface area is 126 Å². The minimum absolute atomic E-state index is 0.346. The van der Waals surface area contributed by atoms with Crippen LogP contribution in [0.2, 0.25) is 0 Å². The van der Waals surface area contributed by atoms with E-state index in [2.05, 4.69) is 46.4 Å². The van der Waals surface area contributed by atoms with E-state index in [0.717, 1.165) is 11.8 Å². The molecule has 0 nitrogen and oxygen atoms in total. The summed E-state index contributed by atoms with van der Waals surface area (Å²) >= 11 is 0. The number of hydrogen-bond acceptors (Lipinski definition) is 0. The fraction of sp³-hybridized carbons (Fsp3) is 0.700. The minimum Gasteiger partial charge on any atom is -0.0990 e. The lowest BCUT2D eigenvalue weighted by Crippen LogP contribution is -2.35. The molecule has 0 amide bonds. The molecule has 0 heteroatoms. The lowest BCUT2D eigenvalue weighted by molar-refractivity contribution is 0.156. The lowest BCUT2D eigenvalue weighted by atomic mass is 9.59. The van der Waals surface area contributed by atoms with Crippen LogP contribution in [0, 0.1) is 17.3 Å². The van der Waals surface area contributed by atoms with Crippen LogP contribution in [0.15, 0.2) is 35.5 Å². The number of allylic oxidation sites excluding steroid dienone is 5. The third kappa shape index (κ3) is 3.27. The molecule has 20 heavy (non-hydrogen) atoms. The van der Waals surface area contributed by atoms with E-state index in [1.807, 2.05) is 0 Å². The van der Waals surface area contributed by atoms with Gasteiger partial charge in [0.05, 0.1) is 0 Å². The predicted molar refractivity (Wildman–Crippen MR) is 89.7 cm³/mol. The van der Waals surface area contributed by atoms with Gasteiger partial charge in [0.15, 0.2) is 0 Å². The monoisotopic (exact) mass is 272 g/mol. The molecular formula is C20H32. The third-order valence-corrected chi connectivity index (χ3v) is 6.08. The van der Waals surface area contributed by atoms with Crippen LogP contribution in [0.4, 0.5) is 0 Å². The fourth-order valence-electron chi connectivity index (χ4n) is 3.94. The topological polar surface area (TPSA) is 0 Å². The average Bonchev–Trinajstić information content (AvgIpc) is 2.41. The Balaban J connectivity index is 2.27. The molecule has 2 bridgehead atoms. The summed E-state index contributed by atoms with van der Waals surface area (Å²) in [4.78, 5) is 0. The highest BCUT2D eigenvalue weighted by Gasteiger charge is 2.40. The first-order valence-corrected chi connectivity index (χ1v) is 8.44. The second-order valence-corrected chi connectivity index (χ2v) is 7.49. The summed E-state index contributed by atoms with van der Waals surface area (Å²) in [7, 11) is 0. The first-order chi connectivity index (χ1) is 9.43. The summed E-state index contributed by atoms with van der Waals surface area (Å²) in [5.41, 5.74) is 5.01. The van der Waals surface area contributed by atoms with E-state index in [1.165, 1.54) is 50.5 Å². The van der Waals surface area contributed by atoms with E-state index < -0.39 is 0 Å². The van der Waals surface area contributed by atoms with Gasteiger partial charge in [-0.25, -0.2) is 0 Å². The molecule has 1 fully saturated rings. The minimum atomic E-state index is 0.346. The molecule has 0 N–H and O–H groups in total. The molecule has 2 rings (SSSR count). The SMILES string of the molecule is C=C1C2C/C=C(\C)CC/C=C(\C)CC[C@@]1(C)[C@H](C)CC2. The fourth-order valence-corrected chi connectivity index (χ4v) is 3.94. The van der Waals surface area contributed by atoms with Gasteiger partial charge in [-0.2, -0.15) is 0 Å². The summed E-state index contributed by atoms with van der Waals surface area (Å²) in [6.07, 6.45) is 13.8. The van der Waals surface area contributed by atoms with Crippen molar-refractivity contribution in [2.45, 2.75) is 72.6 Å². The molecule has 0 spiro atoms. The zero-order valence-corrected chi connectivity index (χ0v) is 14.0. The van der Waals surface area contributed by atoms with E-state index in [9.17, 15) is 0 Å². The Morgan fingerprint density at radius 1 is 1.10 bits per heavy atom. The van der Waals surface area contributed by atoms with Gasteiger partial charge in [0.1, 0.15) is 0 Å². The van der Waals surface area contributed by atoms with Crippen LogP contribution in [0.1, 0.15) is 72.6 Å². The Kier molecular flexibility index (Phi) is 4.94. The molecular weight excluding hydrogens is 240 g/mol. The molecule has 0 aromatic heterocycles. The van der Waals surface area contributed by atoms with Crippen molar-refractivity contribution in [1.82, 2.24) is 0 Å². The highest BCUT2D eigenvalue weighted by atomic mass is 14.4. The van der Waals surface area contributed by atoms with E-state index in [-0.39, 0.29) is 0 Å². The zero-order chi connectivity index (χ0) is 14.8. The highest BCUT2D eigenvalue weighted by molar-refractivity contribution is 5.20. The normalized spacial score (nSPS) is 41.7. The molecule has 0 radical (unpaired) electrons. The van der Waals surface area contributed by atoms with Crippen LogP contribution in [0.25, 0.3) is 0 Å². The predicted octanol–water partition coefficient (Wildman–Crippen LogP) is 6.45. The van der Waals surface area contributed by atoms with Gasteiger partial charge in [-0.3, -0.25) is 0 Å². The first-order valence-electron chi connectivity index (χ1n) is 8.44. The van der Waals surface area contributed by atoms with Crippen molar-refractivity contribution in [3.05, 3.63) is 35.5 Å². The third-order valence-electron chi connectivity index (χ3n) is 6.08. The summed E-state index contributed by atoms with van der Waals surface area (Å²) in [6.45, 7) is 14.1. The van der Waals surface area contributed by atoms with Gasteiger partial charge in [0, 0.05) is 0 Å². The van der Waals surface area contributed by atoms with Crippen LogP contribution in [-0.2, 0) is 0 Å². The maximum atomic E-state index is 4.55. The highest BCUT2D eigenvalue weighted by Crippen LogP contribution is 2.51. The standard InChI is InChI=1S/C20H32/c1-15-7-6-8-16(2)13-14-20(5)17(3)10-12-19(11-9-15)18(20)4/h8-9,17,19H,4,6-7,10-14H2,1-3,5H3/b15-9+,16-8+/t17-,19?,20+/m1/s1. The second kappa shape index (κ2) is 6.33. The van der Waals surface area contributed by atoms with Crippen LogP contribution < -0.4 is 0 Å². The Bertz CT molecular complexity index is 423. The molecule has 1 saturated carbocycles. The van der Waals surface area contributed by atoms with E-state index in [4.69, 9.17) is 0 Å². The molecule has 0 aromatic rings. The average molecular weight is 272 g/mol. The van der Waals surface area contributed by atoms with Gasteiger partial charge in [-0.15, -0.1) is 0 Å². The smallest absolute Gasteiger partial charge is 0.00875 e. The summed E-state index contributed by atoms with van der Waals surface area (Å²) in [5, 5.41) is 0. The van der Waals surface area contributed by atoms with Crippen molar-refractivity contribution in [2.75, 3.05) is 0 Å². The van der Waals surface area contributed by atoms with Crippen molar-refractivity contribution in [2.24, 2.45) is 17.3 Å². The maximum absolute atomic E-state index is 4.55. The lowest BCUT2D eigenvalue weighted by Gasteiger charge is -2.46. The molecule has 0 aromatic carbocycles. The molecule has 2 aliphatic carbocycles. The van der Waals surface area contributed by atoms with Crippen LogP contribution in [0.5, 0.6) is 0 Å². The first kappa shape index (κ1) is 15.6. The zero-order valence-electron chi connectivity index (χ0n) is 14.0. The van der Waals surface area contributed by atoms with Gasteiger partial charge in [0.2, 0.25) is 0 Å². The Hall–Kier alpha value is -0.780. The van der Waals surface area contributed by atoms with Crippen molar-refractivity contribution >= 4 is 0 Å². The summed E-state index contributed by atoms with van der Waals surface area (Å²) in [6, 6.07) is 0. The maximum Gasteiger partial charge on any atom is -0.00875 e. The largest absolute Gasteiger partial charge is 0.0990 e.